The number of hydrogen-bond acceptors (Lipinski definition) is 2. The molecule has 1 spiro atoms. The van der Waals surface area contributed by atoms with Crippen LogP contribution in [0.2, 0.25) is 0 Å². The zero-order chi connectivity index (χ0) is 14.9. The Balaban J connectivity index is 1.77. The molecule has 0 radical (unpaired) electrons. The lowest BCUT2D eigenvalue weighted by Crippen LogP contribution is -2.62. The zero-order valence-corrected chi connectivity index (χ0v) is 15.7. The molecule has 1 N–H and O–H groups in total. The fraction of sp³-hybridized carbons (Fsp3) is 0.647. The van der Waals surface area contributed by atoms with Crippen molar-refractivity contribution in [2.45, 2.75) is 57.6 Å². The first-order valence-corrected chi connectivity index (χ1v) is 9.57. The second-order valence-electron chi connectivity index (χ2n) is 6.29. The van der Waals surface area contributed by atoms with Crippen molar-refractivity contribution in [2.75, 3.05) is 11.9 Å². The molecule has 2 fully saturated rings. The van der Waals surface area contributed by atoms with Crippen molar-refractivity contribution >= 4 is 37.5 Å². The van der Waals surface area contributed by atoms with E-state index in [0.717, 1.165) is 22.0 Å². The monoisotopic (exact) mass is 415 g/mol. The van der Waals surface area contributed by atoms with Gasteiger partial charge in [-0.05, 0) is 60.3 Å². The highest BCUT2D eigenvalue weighted by Gasteiger charge is 2.55. The molecule has 2 nitrogen and oxygen atoms in total. The second kappa shape index (κ2) is 6.59. The number of benzene rings is 1. The summed E-state index contributed by atoms with van der Waals surface area (Å²) in [6.45, 7) is 2.95. The van der Waals surface area contributed by atoms with Gasteiger partial charge in [-0.3, -0.25) is 0 Å². The number of rotatable bonds is 4. The van der Waals surface area contributed by atoms with Crippen molar-refractivity contribution in [3.63, 3.8) is 0 Å². The molecule has 3 rings (SSSR count). The number of nitrogens with one attached hydrogen (secondary N) is 1. The van der Waals surface area contributed by atoms with Crippen LogP contribution >= 0.6 is 31.9 Å². The SMILES string of the molecule is CCOC1CC(Nc2cc(Br)ccc2Br)C12CCCCC2. The van der Waals surface area contributed by atoms with Gasteiger partial charge in [0.2, 0.25) is 0 Å². The first-order valence-electron chi connectivity index (χ1n) is 7.99. The molecule has 0 amide bonds. The Bertz CT molecular complexity index is 500. The summed E-state index contributed by atoms with van der Waals surface area (Å²) in [5, 5.41) is 3.78. The summed E-state index contributed by atoms with van der Waals surface area (Å²) in [5.41, 5.74) is 1.55. The van der Waals surface area contributed by atoms with Gasteiger partial charge in [0.15, 0.2) is 0 Å². The van der Waals surface area contributed by atoms with Gasteiger partial charge in [0.05, 0.1) is 6.10 Å². The van der Waals surface area contributed by atoms with Crippen LogP contribution in [-0.4, -0.2) is 18.8 Å². The minimum atomic E-state index is 0.357. The largest absolute Gasteiger partial charge is 0.381 e. The van der Waals surface area contributed by atoms with Gasteiger partial charge in [-0.2, -0.15) is 0 Å². The highest BCUT2D eigenvalue weighted by molar-refractivity contribution is 9.11. The fourth-order valence-electron chi connectivity index (χ4n) is 4.06. The quantitative estimate of drug-likeness (QED) is 0.674. The lowest BCUT2D eigenvalue weighted by Gasteiger charge is -2.58. The van der Waals surface area contributed by atoms with Crippen molar-refractivity contribution in [2.24, 2.45) is 5.41 Å². The van der Waals surface area contributed by atoms with E-state index >= 15 is 0 Å². The zero-order valence-electron chi connectivity index (χ0n) is 12.5. The van der Waals surface area contributed by atoms with Crippen LogP contribution in [-0.2, 0) is 4.74 Å². The Morgan fingerprint density at radius 1 is 1.24 bits per heavy atom. The van der Waals surface area contributed by atoms with Crippen molar-refractivity contribution in [1.29, 1.82) is 0 Å². The topological polar surface area (TPSA) is 21.3 Å². The van der Waals surface area contributed by atoms with E-state index in [4.69, 9.17) is 4.74 Å². The molecule has 2 saturated carbocycles. The maximum absolute atomic E-state index is 6.03. The minimum absolute atomic E-state index is 0.357. The highest BCUT2D eigenvalue weighted by atomic mass is 79.9. The van der Waals surface area contributed by atoms with Gasteiger partial charge in [0.25, 0.3) is 0 Å². The maximum Gasteiger partial charge on any atom is 0.0670 e. The van der Waals surface area contributed by atoms with Crippen molar-refractivity contribution < 1.29 is 4.74 Å². The van der Waals surface area contributed by atoms with Gasteiger partial charge in [-0.1, -0.05) is 35.2 Å². The molecule has 116 valence electrons. The number of halogens is 2. The normalized spacial score (nSPS) is 27.4. The van der Waals surface area contributed by atoms with Crippen LogP contribution in [0.3, 0.4) is 0 Å². The number of ether oxygens (including phenoxy) is 1. The van der Waals surface area contributed by atoms with E-state index < -0.39 is 0 Å². The van der Waals surface area contributed by atoms with Crippen LogP contribution in [0.25, 0.3) is 0 Å². The lowest BCUT2D eigenvalue weighted by molar-refractivity contribution is -0.134. The van der Waals surface area contributed by atoms with Gasteiger partial charge in [-0.15, -0.1) is 0 Å². The maximum atomic E-state index is 6.03. The summed E-state index contributed by atoms with van der Waals surface area (Å²) in [6, 6.07) is 6.86. The van der Waals surface area contributed by atoms with Gasteiger partial charge < -0.3 is 10.1 Å². The smallest absolute Gasteiger partial charge is 0.0670 e. The summed E-state index contributed by atoms with van der Waals surface area (Å²) >= 11 is 7.22. The third-order valence-corrected chi connectivity index (χ3v) is 6.38. The molecule has 0 saturated heterocycles. The predicted octanol–water partition coefficient (Wildman–Crippen LogP) is 5.75. The predicted molar refractivity (Wildman–Crippen MR) is 94.8 cm³/mol. The third-order valence-electron chi connectivity index (χ3n) is 5.20. The van der Waals surface area contributed by atoms with Crippen LogP contribution in [0, 0.1) is 5.41 Å². The molecule has 1 aromatic rings. The lowest BCUT2D eigenvalue weighted by atomic mass is 9.55. The van der Waals surface area contributed by atoms with E-state index in [2.05, 4.69) is 62.3 Å². The summed E-state index contributed by atoms with van der Waals surface area (Å²) in [5.74, 6) is 0. The van der Waals surface area contributed by atoms with Crippen LogP contribution in [0.15, 0.2) is 27.1 Å². The van der Waals surface area contributed by atoms with Crippen molar-refractivity contribution in [3.05, 3.63) is 27.1 Å². The van der Waals surface area contributed by atoms with E-state index in [1.54, 1.807) is 0 Å². The molecule has 0 heterocycles. The van der Waals surface area contributed by atoms with Gasteiger partial charge in [0.1, 0.15) is 0 Å². The Labute approximate surface area is 144 Å². The van der Waals surface area contributed by atoms with Gasteiger partial charge in [-0.25, -0.2) is 0 Å². The van der Waals surface area contributed by atoms with E-state index in [-0.39, 0.29) is 0 Å². The van der Waals surface area contributed by atoms with Crippen molar-refractivity contribution in [1.82, 2.24) is 0 Å². The molecule has 2 aliphatic carbocycles. The molecule has 2 atom stereocenters. The minimum Gasteiger partial charge on any atom is -0.381 e. The first-order chi connectivity index (χ1) is 10.2. The average Bonchev–Trinajstić information content (AvgIpc) is 2.50. The first kappa shape index (κ1) is 15.8. The Hall–Kier alpha value is -0.0600. The molecule has 0 bridgehead atoms. The standard InChI is InChI=1S/C17H23Br2NO/c1-2-21-16-11-15(17(16)8-4-3-5-9-17)20-14-10-12(18)6-7-13(14)19/h6-7,10,15-16,20H,2-5,8-9,11H2,1H3. The highest BCUT2D eigenvalue weighted by Crippen LogP contribution is 2.54. The molecule has 0 aromatic heterocycles. The number of anilines is 1. The van der Waals surface area contributed by atoms with Crippen LogP contribution in [0.1, 0.15) is 45.4 Å². The third kappa shape index (κ3) is 3.04. The van der Waals surface area contributed by atoms with E-state index in [1.165, 1.54) is 37.8 Å². The van der Waals surface area contributed by atoms with Crippen LogP contribution in [0.5, 0.6) is 0 Å². The summed E-state index contributed by atoms with van der Waals surface area (Å²) in [7, 11) is 0. The summed E-state index contributed by atoms with van der Waals surface area (Å²) in [4.78, 5) is 0. The van der Waals surface area contributed by atoms with E-state index in [9.17, 15) is 0 Å². The Kier molecular flexibility index (Phi) is 4.97. The molecule has 2 unspecified atom stereocenters. The molecule has 21 heavy (non-hydrogen) atoms. The summed E-state index contributed by atoms with van der Waals surface area (Å²) < 4.78 is 8.28. The Morgan fingerprint density at radius 2 is 2.00 bits per heavy atom. The molecule has 1 aromatic carbocycles. The number of hydrogen-bond donors (Lipinski definition) is 1. The van der Waals surface area contributed by atoms with Crippen LogP contribution < -0.4 is 5.32 Å². The molecular formula is C17H23Br2NO. The molecule has 4 heteroatoms. The second-order valence-corrected chi connectivity index (χ2v) is 8.06. The Morgan fingerprint density at radius 3 is 2.71 bits per heavy atom. The molecular weight excluding hydrogens is 394 g/mol. The fourth-order valence-corrected chi connectivity index (χ4v) is 4.78. The van der Waals surface area contributed by atoms with E-state index in [1.807, 2.05) is 0 Å². The average molecular weight is 417 g/mol. The summed E-state index contributed by atoms with van der Waals surface area (Å²) in [6.07, 6.45) is 8.28. The van der Waals surface area contributed by atoms with Crippen LogP contribution in [0.4, 0.5) is 5.69 Å². The van der Waals surface area contributed by atoms with Gasteiger partial charge in [0, 0.05) is 32.7 Å². The molecule has 0 aliphatic heterocycles. The van der Waals surface area contributed by atoms with Crippen molar-refractivity contribution in [3.8, 4) is 0 Å². The van der Waals surface area contributed by atoms with E-state index in [0.29, 0.717) is 17.6 Å². The molecule has 2 aliphatic rings. The van der Waals surface area contributed by atoms with Gasteiger partial charge >= 0.3 is 0 Å².